The number of allylic oxidation sites excluding steroid dienone is 1. The monoisotopic (exact) mass is 294 g/mol. The Morgan fingerprint density at radius 1 is 1.67 bits per heavy atom. The maximum absolute atomic E-state index is 9.63. The van der Waals surface area contributed by atoms with Crippen molar-refractivity contribution in [3.63, 3.8) is 0 Å². The third-order valence-corrected chi connectivity index (χ3v) is 3.23. The van der Waals surface area contributed by atoms with Gasteiger partial charge in [-0.15, -0.1) is 11.3 Å². The molecule has 0 aliphatic rings. The molecular formula is C9H11IOS. The molecule has 0 aliphatic heterocycles. The molecule has 0 bridgehead atoms. The van der Waals surface area contributed by atoms with Crippen LogP contribution in [0.5, 0.6) is 0 Å². The number of aliphatic hydroxyl groups excluding tert-OH is 1. The fourth-order valence-corrected chi connectivity index (χ4v) is 2.29. The Kier molecular flexibility index (Phi) is 3.74. The largest absolute Gasteiger partial charge is 0.384 e. The SMILES string of the molecule is CC(C)=CC(O)c1csc(I)c1. The van der Waals surface area contributed by atoms with Gasteiger partial charge in [0.2, 0.25) is 0 Å². The van der Waals surface area contributed by atoms with Crippen LogP contribution in [0.2, 0.25) is 0 Å². The highest BCUT2D eigenvalue weighted by Crippen LogP contribution is 2.23. The summed E-state index contributed by atoms with van der Waals surface area (Å²) in [7, 11) is 0. The average molecular weight is 294 g/mol. The van der Waals surface area contributed by atoms with Crippen molar-refractivity contribution >= 4 is 33.9 Å². The first-order valence-corrected chi connectivity index (χ1v) is 5.62. The van der Waals surface area contributed by atoms with Crippen LogP contribution in [0.4, 0.5) is 0 Å². The summed E-state index contributed by atoms with van der Waals surface area (Å²) in [5.41, 5.74) is 2.13. The van der Waals surface area contributed by atoms with Crippen molar-refractivity contribution in [2.45, 2.75) is 20.0 Å². The van der Waals surface area contributed by atoms with Crippen molar-refractivity contribution in [1.29, 1.82) is 0 Å². The zero-order valence-corrected chi connectivity index (χ0v) is 10.0. The van der Waals surface area contributed by atoms with Crippen LogP contribution in [0.15, 0.2) is 23.1 Å². The Bertz CT molecular complexity index is 286. The maximum Gasteiger partial charge on any atom is 0.0982 e. The van der Waals surface area contributed by atoms with Crippen molar-refractivity contribution in [2.24, 2.45) is 0 Å². The van der Waals surface area contributed by atoms with Gasteiger partial charge in [-0.1, -0.05) is 11.6 Å². The van der Waals surface area contributed by atoms with Crippen molar-refractivity contribution in [2.75, 3.05) is 0 Å². The van der Waals surface area contributed by atoms with Gasteiger partial charge in [-0.25, -0.2) is 0 Å². The van der Waals surface area contributed by atoms with Gasteiger partial charge in [-0.05, 0) is 53.4 Å². The highest BCUT2D eigenvalue weighted by Gasteiger charge is 2.05. The molecule has 66 valence electrons. The predicted molar refractivity (Wildman–Crippen MR) is 61.4 cm³/mol. The Morgan fingerprint density at radius 3 is 2.75 bits per heavy atom. The average Bonchev–Trinajstić information content (AvgIpc) is 2.34. The highest BCUT2D eigenvalue weighted by atomic mass is 127. The second kappa shape index (κ2) is 4.39. The van der Waals surface area contributed by atoms with E-state index < -0.39 is 6.10 Å². The van der Waals surface area contributed by atoms with E-state index in [4.69, 9.17) is 0 Å². The lowest BCUT2D eigenvalue weighted by Crippen LogP contribution is -1.90. The molecule has 3 heteroatoms. The first-order chi connectivity index (χ1) is 5.59. The molecule has 1 aromatic heterocycles. The predicted octanol–water partition coefficient (Wildman–Crippen LogP) is 3.35. The molecule has 1 rings (SSSR count). The van der Waals surface area contributed by atoms with Crippen molar-refractivity contribution in [3.05, 3.63) is 31.5 Å². The van der Waals surface area contributed by atoms with Crippen LogP contribution in [0, 0.1) is 2.88 Å². The van der Waals surface area contributed by atoms with Crippen LogP contribution < -0.4 is 0 Å². The molecule has 1 N–H and O–H groups in total. The van der Waals surface area contributed by atoms with Crippen LogP contribution in [0.1, 0.15) is 25.5 Å². The molecular weight excluding hydrogens is 283 g/mol. The van der Waals surface area contributed by atoms with Crippen LogP contribution >= 0.6 is 33.9 Å². The molecule has 0 spiro atoms. The molecule has 12 heavy (non-hydrogen) atoms. The van der Waals surface area contributed by atoms with E-state index in [0.717, 1.165) is 11.1 Å². The Balaban J connectivity index is 2.78. The smallest absolute Gasteiger partial charge is 0.0982 e. The van der Waals surface area contributed by atoms with Gasteiger partial charge >= 0.3 is 0 Å². The van der Waals surface area contributed by atoms with Gasteiger partial charge in [0.15, 0.2) is 0 Å². The lowest BCUT2D eigenvalue weighted by molar-refractivity contribution is 0.228. The number of thiophene rings is 1. The molecule has 0 fully saturated rings. The molecule has 0 aliphatic carbocycles. The van der Waals surface area contributed by atoms with Gasteiger partial charge in [0.05, 0.1) is 8.99 Å². The third kappa shape index (κ3) is 2.88. The molecule has 1 heterocycles. The molecule has 0 radical (unpaired) electrons. The summed E-state index contributed by atoms with van der Waals surface area (Å²) in [6.45, 7) is 3.97. The molecule has 1 aromatic rings. The summed E-state index contributed by atoms with van der Waals surface area (Å²) < 4.78 is 1.21. The van der Waals surface area contributed by atoms with Crippen LogP contribution in [-0.4, -0.2) is 5.11 Å². The van der Waals surface area contributed by atoms with E-state index in [9.17, 15) is 5.11 Å². The second-order valence-corrected chi connectivity index (χ2v) is 5.68. The van der Waals surface area contributed by atoms with E-state index in [1.807, 2.05) is 31.4 Å². The lowest BCUT2D eigenvalue weighted by Gasteiger charge is -2.02. The fourth-order valence-electron chi connectivity index (χ4n) is 0.890. The number of rotatable bonds is 2. The van der Waals surface area contributed by atoms with Gasteiger partial charge in [-0.2, -0.15) is 0 Å². The van der Waals surface area contributed by atoms with Gasteiger partial charge in [-0.3, -0.25) is 0 Å². The van der Waals surface area contributed by atoms with Crippen molar-refractivity contribution in [3.8, 4) is 0 Å². The van der Waals surface area contributed by atoms with E-state index >= 15 is 0 Å². The highest BCUT2D eigenvalue weighted by molar-refractivity contribution is 14.1. The molecule has 0 amide bonds. The first-order valence-electron chi connectivity index (χ1n) is 3.66. The van der Waals surface area contributed by atoms with Crippen LogP contribution in [0.25, 0.3) is 0 Å². The number of halogens is 1. The van der Waals surface area contributed by atoms with Gasteiger partial charge in [0, 0.05) is 0 Å². The quantitative estimate of drug-likeness (QED) is 0.655. The molecule has 0 saturated carbocycles. The minimum atomic E-state index is -0.435. The van der Waals surface area contributed by atoms with E-state index in [1.165, 1.54) is 2.88 Å². The van der Waals surface area contributed by atoms with Gasteiger partial charge in [0.25, 0.3) is 0 Å². The summed E-state index contributed by atoms with van der Waals surface area (Å²) >= 11 is 3.91. The Hall–Kier alpha value is 0.130. The molecule has 0 aromatic carbocycles. The summed E-state index contributed by atoms with van der Waals surface area (Å²) in [5.74, 6) is 0. The molecule has 1 unspecified atom stereocenters. The van der Waals surface area contributed by atoms with E-state index in [2.05, 4.69) is 22.6 Å². The van der Waals surface area contributed by atoms with Gasteiger partial charge in [0.1, 0.15) is 0 Å². The van der Waals surface area contributed by atoms with E-state index in [-0.39, 0.29) is 0 Å². The van der Waals surface area contributed by atoms with Crippen molar-refractivity contribution < 1.29 is 5.11 Å². The maximum atomic E-state index is 9.63. The molecule has 1 nitrogen and oxygen atoms in total. The minimum Gasteiger partial charge on any atom is -0.384 e. The zero-order chi connectivity index (χ0) is 9.14. The third-order valence-electron chi connectivity index (χ3n) is 1.42. The Labute approximate surface area is 90.3 Å². The normalized spacial score (nSPS) is 12.7. The number of aliphatic hydroxyl groups is 1. The van der Waals surface area contributed by atoms with E-state index in [1.54, 1.807) is 11.3 Å². The topological polar surface area (TPSA) is 20.2 Å². The molecule has 1 atom stereocenters. The standard InChI is InChI=1S/C9H11IOS/c1-6(2)3-8(11)7-4-9(10)12-5-7/h3-5,8,11H,1-2H3. The number of hydrogen-bond acceptors (Lipinski definition) is 2. The molecule has 0 saturated heterocycles. The first kappa shape index (κ1) is 10.2. The summed E-state index contributed by atoms with van der Waals surface area (Å²) in [5, 5.41) is 11.6. The Morgan fingerprint density at radius 2 is 2.33 bits per heavy atom. The van der Waals surface area contributed by atoms with E-state index in [0.29, 0.717) is 0 Å². The second-order valence-electron chi connectivity index (χ2n) is 2.87. The summed E-state index contributed by atoms with van der Waals surface area (Å²) in [4.78, 5) is 0. The summed E-state index contributed by atoms with van der Waals surface area (Å²) in [6.07, 6.45) is 1.42. The summed E-state index contributed by atoms with van der Waals surface area (Å²) in [6, 6.07) is 2.01. The zero-order valence-electron chi connectivity index (χ0n) is 7.04. The van der Waals surface area contributed by atoms with Gasteiger partial charge < -0.3 is 5.11 Å². The van der Waals surface area contributed by atoms with Crippen molar-refractivity contribution in [1.82, 2.24) is 0 Å². The minimum absolute atomic E-state index is 0.435. The van der Waals surface area contributed by atoms with Crippen LogP contribution in [-0.2, 0) is 0 Å². The fraction of sp³-hybridized carbons (Fsp3) is 0.333. The van der Waals surface area contributed by atoms with Crippen LogP contribution in [0.3, 0.4) is 0 Å². The lowest BCUT2D eigenvalue weighted by atomic mass is 10.1. The number of hydrogen-bond donors (Lipinski definition) is 1.